The molecule has 1 unspecified atom stereocenters. The molecule has 24 heavy (non-hydrogen) atoms. The van der Waals surface area contributed by atoms with Crippen LogP contribution in [0.4, 0.5) is 22.0 Å². The van der Waals surface area contributed by atoms with Crippen LogP contribution >= 0.6 is 11.6 Å². The van der Waals surface area contributed by atoms with Gasteiger partial charge in [-0.2, -0.15) is 27.1 Å². The van der Waals surface area contributed by atoms with E-state index in [1.165, 1.54) is 18.3 Å². The van der Waals surface area contributed by atoms with Crippen molar-refractivity contribution in [2.45, 2.75) is 23.6 Å². The molecule has 0 bridgehead atoms. The first-order chi connectivity index (χ1) is 11.1. The molecule has 0 saturated heterocycles. The van der Waals surface area contributed by atoms with E-state index in [1.54, 1.807) is 0 Å². The fraction of sp³-hybridized carbons (Fsp3) is 0.333. The molecule has 2 aromatic rings. The molecule has 0 aromatic carbocycles. The highest BCUT2D eigenvalue weighted by molar-refractivity contribution is 7.84. The molecule has 12 heteroatoms. The quantitative estimate of drug-likeness (QED) is 0.735. The van der Waals surface area contributed by atoms with Gasteiger partial charge in [0.15, 0.2) is 5.69 Å². The van der Waals surface area contributed by atoms with E-state index < -0.39 is 46.5 Å². The van der Waals surface area contributed by atoms with Crippen molar-refractivity contribution >= 4 is 22.4 Å². The van der Waals surface area contributed by atoms with Crippen LogP contribution in [0, 0.1) is 0 Å². The predicted molar refractivity (Wildman–Crippen MR) is 74.2 cm³/mol. The van der Waals surface area contributed by atoms with Crippen molar-refractivity contribution in [1.82, 2.24) is 14.8 Å². The van der Waals surface area contributed by atoms with E-state index in [-0.39, 0.29) is 10.0 Å². The molecule has 0 spiro atoms. The van der Waals surface area contributed by atoms with E-state index in [0.29, 0.717) is 4.68 Å². The number of pyridine rings is 1. The van der Waals surface area contributed by atoms with Crippen molar-refractivity contribution in [3.63, 3.8) is 0 Å². The number of hydrogen-bond donors (Lipinski definition) is 0. The zero-order valence-corrected chi connectivity index (χ0v) is 13.4. The predicted octanol–water partition coefficient (Wildman–Crippen LogP) is 3.40. The van der Waals surface area contributed by atoms with Crippen LogP contribution in [0.15, 0.2) is 23.4 Å². The molecular formula is C12H9ClF5N3O2S. The minimum atomic E-state index is -4.92. The summed E-state index contributed by atoms with van der Waals surface area (Å²) < 4.78 is 80.8. The van der Waals surface area contributed by atoms with Crippen LogP contribution in [-0.2, 0) is 29.8 Å². The van der Waals surface area contributed by atoms with Gasteiger partial charge in [0, 0.05) is 13.2 Å². The molecular weight excluding hydrogens is 381 g/mol. The number of aromatic nitrogens is 3. The molecule has 0 radical (unpaired) electrons. The van der Waals surface area contributed by atoms with Crippen molar-refractivity contribution in [3.8, 4) is 5.88 Å². The Morgan fingerprint density at radius 2 is 2.04 bits per heavy atom. The number of aryl methyl sites for hydroxylation is 1. The Labute approximate surface area is 139 Å². The lowest BCUT2D eigenvalue weighted by Gasteiger charge is -2.09. The highest BCUT2D eigenvalue weighted by Gasteiger charge is 2.40. The molecule has 5 nitrogen and oxygen atoms in total. The van der Waals surface area contributed by atoms with Gasteiger partial charge < -0.3 is 4.74 Å². The lowest BCUT2D eigenvalue weighted by molar-refractivity contribution is -0.142. The topological polar surface area (TPSA) is 57.0 Å². The SMILES string of the molecule is Cn1nc(C(F)(F)F)c(CS(=O)c2ccc(Cl)cn2)c1OC(F)F. The van der Waals surface area contributed by atoms with Crippen LogP contribution in [0.25, 0.3) is 0 Å². The zero-order valence-electron chi connectivity index (χ0n) is 11.9. The summed E-state index contributed by atoms with van der Waals surface area (Å²) in [5.41, 5.74) is -2.18. The molecule has 0 aliphatic rings. The van der Waals surface area contributed by atoms with Crippen LogP contribution in [0.1, 0.15) is 11.3 Å². The summed E-state index contributed by atoms with van der Waals surface area (Å²) in [5.74, 6) is -1.56. The fourth-order valence-electron chi connectivity index (χ4n) is 1.84. The Balaban J connectivity index is 2.43. The Morgan fingerprint density at radius 1 is 1.38 bits per heavy atom. The molecule has 0 aliphatic carbocycles. The van der Waals surface area contributed by atoms with Crippen LogP contribution in [0.5, 0.6) is 5.88 Å². The van der Waals surface area contributed by atoms with Gasteiger partial charge in [-0.1, -0.05) is 11.6 Å². The monoisotopic (exact) mass is 389 g/mol. The number of ether oxygens (including phenoxy) is 1. The third-order valence-electron chi connectivity index (χ3n) is 2.77. The van der Waals surface area contributed by atoms with E-state index in [4.69, 9.17) is 11.6 Å². The van der Waals surface area contributed by atoms with Gasteiger partial charge in [-0.05, 0) is 12.1 Å². The minimum Gasteiger partial charge on any atom is -0.417 e. The minimum absolute atomic E-state index is 0.0561. The third-order valence-corrected chi connectivity index (χ3v) is 4.25. The van der Waals surface area contributed by atoms with Crippen molar-refractivity contribution in [1.29, 1.82) is 0 Å². The number of nitrogens with zero attached hydrogens (tertiary/aromatic N) is 3. The normalized spacial score (nSPS) is 13.3. The van der Waals surface area contributed by atoms with E-state index in [0.717, 1.165) is 7.05 Å². The first-order valence-corrected chi connectivity index (χ1v) is 7.87. The number of rotatable bonds is 5. The smallest absolute Gasteiger partial charge is 0.417 e. The van der Waals surface area contributed by atoms with Crippen LogP contribution in [0.3, 0.4) is 0 Å². The van der Waals surface area contributed by atoms with E-state index in [2.05, 4.69) is 14.8 Å². The van der Waals surface area contributed by atoms with Gasteiger partial charge in [0.25, 0.3) is 0 Å². The fourth-order valence-corrected chi connectivity index (χ4v) is 3.02. The van der Waals surface area contributed by atoms with Gasteiger partial charge in [0.1, 0.15) is 5.03 Å². The average Bonchev–Trinajstić information content (AvgIpc) is 2.76. The number of halogens is 6. The largest absolute Gasteiger partial charge is 0.435 e. The van der Waals surface area contributed by atoms with Gasteiger partial charge in [0.2, 0.25) is 5.88 Å². The van der Waals surface area contributed by atoms with E-state index >= 15 is 0 Å². The second-order valence-electron chi connectivity index (χ2n) is 4.44. The summed E-state index contributed by atoms with van der Waals surface area (Å²) in [4.78, 5) is 3.73. The highest BCUT2D eigenvalue weighted by Crippen LogP contribution is 2.37. The van der Waals surface area contributed by atoms with Crippen LogP contribution in [0.2, 0.25) is 5.02 Å². The maximum atomic E-state index is 13.0. The summed E-state index contributed by atoms with van der Waals surface area (Å²) >= 11 is 5.62. The van der Waals surface area contributed by atoms with Gasteiger partial charge in [-0.25, -0.2) is 9.67 Å². The molecule has 2 rings (SSSR count). The summed E-state index contributed by atoms with van der Waals surface area (Å²) in [5, 5.41) is 3.34. The second-order valence-corrected chi connectivity index (χ2v) is 6.27. The summed E-state index contributed by atoms with van der Waals surface area (Å²) in [6.45, 7) is -3.36. The molecule has 2 aromatic heterocycles. The molecule has 0 saturated carbocycles. The van der Waals surface area contributed by atoms with Crippen molar-refractivity contribution in [3.05, 3.63) is 34.6 Å². The summed E-state index contributed by atoms with van der Waals surface area (Å²) in [6, 6.07) is 2.61. The average molecular weight is 390 g/mol. The van der Waals surface area contributed by atoms with Crippen molar-refractivity contribution < 1.29 is 30.9 Å². The maximum absolute atomic E-state index is 13.0. The molecule has 0 fully saturated rings. The molecule has 2 heterocycles. The Morgan fingerprint density at radius 3 is 2.54 bits per heavy atom. The second kappa shape index (κ2) is 7.01. The molecule has 0 N–H and O–H groups in total. The summed E-state index contributed by atoms with van der Waals surface area (Å²) in [7, 11) is -1.03. The Hall–Kier alpha value is -1.75. The van der Waals surface area contributed by atoms with Gasteiger partial charge in [-0.15, -0.1) is 0 Å². The van der Waals surface area contributed by atoms with Crippen LogP contribution < -0.4 is 4.74 Å². The lowest BCUT2D eigenvalue weighted by Crippen LogP contribution is -2.12. The molecule has 132 valence electrons. The van der Waals surface area contributed by atoms with Gasteiger partial charge in [0.05, 0.1) is 27.1 Å². The first kappa shape index (κ1) is 18.6. The summed E-state index contributed by atoms with van der Waals surface area (Å²) in [6.07, 6.45) is -3.76. The van der Waals surface area contributed by atoms with Gasteiger partial charge >= 0.3 is 12.8 Å². The number of alkyl halides is 5. The standard InChI is InChI=1S/C12H9ClF5N3O2S/c1-21-10(23-11(14)15)7(9(20-21)12(16,17)18)5-24(22)8-3-2-6(13)4-19-8/h2-4,11H,5H2,1H3. The zero-order chi connectivity index (χ0) is 18.1. The number of hydrogen-bond acceptors (Lipinski definition) is 4. The maximum Gasteiger partial charge on any atom is 0.435 e. The molecule has 0 aliphatic heterocycles. The van der Waals surface area contributed by atoms with E-state index in [1.807, 2.05) is 0 Å². The first-order valence-electron chi connectivity index (χ1n) is 6.17. The third kappa shape index (κ3) is 4.20. The van der Waals surface area contributed by atoms with E-state index in [9.17, 15) is 26.2 Å². The Bertz CT molecular complexity index is 748. The molecule has 0 amide bonds. The van der Waals surface area contributed by atoms with Crippen LogP contribution in [-0.4, -0.2) is 25.6 Å². The Kier molecular flexibility index (Phi) is 5.43. The lowest BCUT2D eigenvalue weighted by atomic mass is 10.2. The van der Waals surface area contributed by atoms with Crippen molar-refractivity contribution in [2.75, 3.05) is 0 Å². The van der Waals surface area contributed by atoms with Crippen molar-refractivity contribution in [2.24, 2.45) is 7.05 Å². The highest BCUT2D eigenvalue weighted by atomic mass is 35.5. The molecule has 1 atom stereocenters. The van der Waals surface area contributed by atoms with Gasteiger partial charge in [-0.3, -0.25) is 4.21 Å².